The molecule has 104 valence electrons. The number of halogens is 1. The first-order valence-electron chi connectivity index (χ1n) is 6.00. The maximum absolute atomic E-state index is 11.8. The van der Waals surface area contributed by atoms with Crippen LogP contribution in [0.2, 0.25) is 0 Å². The first kappa shape index (κ1) is 17.1. The molecule has 1 aliphatic heterocycles. The van der Waals surface area contributed by atoms with Gasteiger partial charge in [-0.15, -0.1) is 12.4 Å². The van der Waals surface area contributed by atoms with E-state index >= 15 is 0 Å². The Morgan fingerprint density at radius 1 is 1.47 bits per heavy atom. The largest absolute Gasteiger partial charge is 0.313 e. The van der Waals surface area contributed by atoms with Gasteiger partial charge in [0, 0.05) is 26.2 Å². The summed E-state index contributed by atoms with van der Waals surface area (Å²) in [7, 11) is -1.65. The van der Waals surface area contributed by atoms with Crippen molar-refractivity contribution in [2.24, 2.45) is 0 Å². The van der Waals surface area contributed by atoms with Crippen LogP contribution in [0.3, 0.4) is 0 Å². The van der Waals surface area contributed by atoms with E-state index in [1.807, 2.05) is 0 Å². The molecule has 1 unspecified atom stereocenters. The smallest absolute Gasteiger partial charge is 0.279 e. The van der Waals surface area contributed by atoms with Gasteiger partial charge in [0.05, 0.1) is 0 Å². The molecule has 0 amide bonds. The summed E-state index contributed by atoms with van der Waals surface area (Å²) in [5.41, 5.74) is 0. The Labute approximate surface area is 111 Å². The first-order valence-corrected chi connectivity index (χ1v) is 7.44. The van der Waals surface area contributed by atoms with Gasteiger partial charge >= 0.3 is 0 Å². The topological polar surface area (TPSA) is 61.4 Å². The number of rotatable bonds is 7. The Balaban J connectivity index is 0.00000256. The molecule has 2 N–H and O–H groups in total. The molecule has 0 bridgehead atoms. The SMILES string of the molecule is CCCCN(C)S(=O)(=O)NCC1CCCN1.Cl. The van der Waals surface area contributed by atoms with Crippen molar-refractivity contribution < 1.29 is 8.42 Å². The molecule has 7 heteroatoms. The summed E-state index contributed by atoms with van der Waals surface area (Å²) in [5, 5.41) is 3.27. The molecule has 0 aromatic carbocycles. The third kappa shape index (κ3) is 6.01. The summed E-state index contributed by atoms with van der Waals surface area (Å²) >= 11 is 0. The summed E-state index contributed by atoms with van der Waals surface area (Å²) in [4.78, 5) is 0. The van der Waals surface area contributed by atoms with Gasteiger partial charge in [0.1, 0.15) is 0 Å². The average molecular weight is 286 g/mol. The summed E-state index contributed by atoms with van der Waals surface area (Å²) in [6.07, 6.45) is 4.10. The van der Waals surface area contributed by atoms with Crippen LogP contribution in [0.4, 0.5) is 0 Å². The highest BCUT2D eigenvalue weighted by Gasteiger charge is 2.20. The van der Waals surface area contributed by atoms with E-state index in [0.29, 0.717) is 19.1 Å². The number of nitrogens with zero attached hydrogens (tertiary/aromatic N) is 1. The zero-order valence-electron chi connectivity index (χ0n) is 10.6. The van der Waals surface area contributed by atoms with Gasteiger partial charge in [-0.2, -0.15) is 12.7 Å². The van der Waals surface area contributed by atoms with Crippen LogP contribution in [0, 0.1) is 0 Å². The fraction of sp³-hybridized carbons (Fsp3) is 1.00. The molecule has 0 aliphatic carbocycles. The predicted molar refractivity (Wildman–Crippen MR) is 72.7 cm³/mol. The summed E-state index contributed by atoms with van der Waals surface area (Å²) in [5.74, 6) is 0. The molecule has 0 aromatic heterocycles. The first-order chi connectivity index (χ1) is 7.56. The molecule has 0 radical (unpaired) electrons. The molecule has 5 nitrogen and oxygen atoms in total. The number of unbranched alkanes of at least 4 members (excludes halogenated alkanes) is 1. The summed E-state index contributed by atoms with van der Waals surface area (Å²) in [6, 6.07) is 0.300. The van der Waals surface area contributed by atoms with Crippen LogP contribution < -0.4 is 10.0 Å². The van der Waals surface area contributed by atoms with E-state index in [1.54, 1.807) is 7.05 Å². The van der Waals surface area contributed by atoms with Crippen molar-refractivity contribution in [3.05, 3.63) is 0 Å². The maximum atomic E-state index is 11.8. The molecule has 1 heterocycles. The second-order valence-electron chi connectivity index (χ2n) is 4.32. The Hall–Kier alpha value is 0.120. The van der Waals surface area contributed by atoms with Crippen molar-refractivity contribution in [3.63, 3.8) is 0 Å². The quantitative estimate of drug-likeness (QED) is 0.725. The second-order valence-corrected chi connectivity index (χ2v) is 6.18. The van der Waals surface area contributed by atoms with E-state index in [2.05, 4.69) is 17.0 Å². The number of nitrogens with one attached hydrogen (secondary N) is 2. The van der Waals surface area contributed by atoms with Crippen LogP contribution in [0.15, 0.2) is 0 Å². The zero-order chi connectivity index (χ0) is 12.0. The molecule has 0 aromatic rings. The summed E-state index contributed by atoms with van der Waals surface area (Å²) < 4.78 is 27.6. The summed E-state index contributed by atoms with van der Waals surface area (Å²) in [6.45, 7) is 4.14. The molecule has 1 rings (SSSR count). The lowest BCUT2D eigenvalue weighted by atomic mass is 10.2. The molecule has 1 fully saturated rings. The van der Waals surface area contributed by atoms with E-state index in [9.17, 15) is 8.42 Å². The van der Waals surface area contributed by atoms with E-state index in [4.69, 9.17) is 0 Å². The molecule has 17 heavy (non-hydrogen) atoms. The van der Waals surface area contributed by atoms with Crippen molar-refractivity contribution in [3.8, 4) is 0 Å². The fourth-order valence-corrected chi connectivity index (χ4v) is 2.75. The third-order valence-corrected chi connectivity index (χ3v) is 4.45. The lowest BCUT2D eigenvalue weighted by Gasteiger charge is -2.19. The van der Waals surface area contributed by atoms with Crippen molar-refractivity contribution in [2.75, 3.05) is 26.7 Å². The Morgan fingerprint density at radius 2 is 2.18 bits per heavy atom. The Kier molecular flexibility index (Phi) is 8.32. The lowest BCUT2D eigenvalue weighted by Crippen LogP contribution is -2.44. The molecule has 0 spiro atoms. The highest BCUT2D eigenvalue weighted by Crippen LogP contribution is 2.04. The van der Waals surface area contributed by atoms with E-state index in [-0.39, 0.29) is 12.4 Å². The molecule has 0 saturated carbocycles. The minimum absolute atomic E-state index is 0. The number of hydrogen-bond acceptors (Lipinski definition) is 3. The lowest BCUT2D eigenvalue weighted by molar-refractivity contribution is 0.443. The monoisotopic (exact) mass is 285 g/mol. The van der Waals surface area contributed by atoms with Crippen LogP contribution in [-0.4, -0.2) is 45.4 Å². The van der Waals surface area contributed by atoms with Crippen molar-refractivity contribution >= 4 is 22.6 Å². The second kappa shape index (κ2) is 8.26. The van der Waals surface area contributed by atoms with E-state index in [1.165, 1.54) is 4.31 Å². The highest BCUT2D eigenvalue weighted by molar-refractivity contribution is 7.87. The van der Waals surface area contributed by atoms with Gasteiger partial charge < -0.3 is 5.32 Å². The van der Waals surface area contributed by atoms with E-state index < -0.39 is 10.2 Å². The minimum atomic E-state index is -3.28. The van der Waals surface area contributed by atoms with Crippen LogP contribution in [0.25, 0.3) is 0 Å². The predicted octanol–water partition coefficient (Wildman–Crippen LogP) is 0.726. The average Bonchev–Trinajstić information content (AvgIpc) is 2.76. The van der Waals surface area contributed by atoms with Gasteiger partial charge in [-0.05, 0) is 25.8 Å². The van der Waals surface area contributed by atoms with Crippen molar-refractivity contribution in [1.29, 1.82) is 0 Å². The van der Waals surface area contributed by atoms with Gasteiger partial charge in [-0.1, -0.05) is 13.3 Å². The molecular formula is C10H24ClN3O2S. The van der Waals surface area contributed by atoms with Gasteiger partial charge in [-0.3, -0.25) is 0 Å². The highest BCUT2D eigenvalue weighted by atomic mass is 35.5. The van der Waals surface area contributed by atoms with Crippen LogP contribution in [0.5, 0.6) is 0 Å². The standard InChI is InChI=1S/C10H23N3O2S.ClH/c1-3-4-8-13(2)16(14,15)12-9-10-6-5-7-11-10;/h10-12H,3-9H2,1-2H3;1H. The Morgan fingerprint density at radius 3 is 2.71 bits per heavy atom. The van der Waals surface area contributed by atoms with Crippen molar-refractivity contribution in [2.45, 2.75) is 38.6 Å². The molecule has 1 atom stereocenters. The van der Waals surface area contributed by atoms with Crippen LogP contribution in [-0.2, 0) is 10.2 Å². The van der Waals surface area contributed by atoms with Gasteiger partial charge in [0.2, 0.25) is 0 Å². The minimum Gasteiger partial charge on any atom is -0.313 e. The molecule has 1 saturated heterocycles. The maximum Gasteiger partial charge on any atom is 0.279 e. The Bertz CT molecular complexity index is 292. The van der Waals surface area contributed by atoms with Crippen LogP contribution >= 0.6 is 12.4 Å². The van der Waals surface area contributed by atoms with Crippen molar-refractivity contribution in [1.82, 2.24) is 14.3 Å². The van der Waals surface area contributed by atoms with E-state index in [0.717, 1.165) is 32.2 Å². The molecular weight excluding hydrogens is 262 g/mol. The van der Waals surface area contributed by atoms with Gasteiger partial charge in [0.15, 0.2) is 0 Å². The molecule has 1 aliphatic rings. The zero-order valence-corrected chi connectivity index (χ0v) is 12.2. The van der Waals surface area contributed by atoms with Crippen LogP contribution in [0.1, 0.15) is 32.6 Å². The number of hydrogen-bond donors (Lipinski definition) is 2. The normalized spacial score (nSPS) is 20.5. The van der Waals surface area contributed by atoms with Gasteiger partial charge in [0.25, 0.3) is 10.2 Å². The third-order valence-electron chi connectivity index (χ3n) is 2.91. The van der Waals surface area contributed by atoms with Gasteiger partial charge in [-0.25, -0.2) is 4.72 Å². The fourth-order valence-electron chi connectivity index (χ4n) is 1.75.